The number of nitrogens with zero attached hydrogens (tertiary/aromatic N) is 3. The molecule has 0 aliphatic heterocycles. The first-order chi connectivity index (χ1) is 10.6. The van der Waals surface area contributed by atoms with Crippen molar-refractivity contribution in [3.05, 3.63) is 22.5 Å². The first-order valence-corrected chi connectivity index (χ1v) is 8.96. The molecule has 0 saturated heterocycles. The first kappa shape index (κ1) is 15.4. The zero-order chi connectivity index (χ0) is 15.5. The zero-order valence-corrected chi connectivity index (χ0v) is 14.6. The average molecular weight is 336 g/mol. The fraction of sp³-hybridized carbons (Fsp3) is 0.533. The fourth-order valence-electron chi connectivity index (χ4n) is 2.89. The second-order valence-corrected chi connectivity index (χ2v) is 7.00. The number of aromatic nitrogens is 2. The summed E-state index contributed by atoms with van der Waals surface area (Å²) in [4.78, 5) is 5.54. The molecule has 5 nitrogen and oxygen atoms in total. The van der Waals surface area contributed by atoms with Gasteiger partial charge < -0.3 is 5.32 Å². The van der Waals surface area contributed by atoms with Crippen LogP contribution in [0, 0.1) is 13.8 Å². The Kier molecular flexibility index (Phi) is 4.73. The lowest BCUT2D eigenvalue weighted by molar-refractivity contribution is 0.412. The van der Waals surface area contributed by atoms with Crippen molar-refractivity contribution in [2.24, 2.45) is 5.10 Å². The van der Waals surface area contributed by atoms with Crippen LogP contribution in [0.5, 0.6) is 0 Å². The van der Waals surface area contributed by atoms with Crippen LogP contribution < -0.4 is 10.7 Å². The number of imidazole rings is 1. The lowest BCUT2D eigenvalue weighted by atomic mass is 9.96. The molecule has 0 bridgehead atoms. The highest BCUT2D eigenvalue weighted by molar-refractivity contribution is 7.80. The second-order valence-electron chi connectivity index (χ2n) is 5.76. The molecule has 0 aromatic carbocycles. The van der Waals surface area contributed by atoms with Gasteiger partial charge in [0.1, 0.15) is 0 Å². The highest BCUT2D eigenvalue weighted by atomic mass is 32.1. The molecule has 1 fully saturated rings. The van der Waals surface area contributed by atoms with E-state index in [4.69, 9.17) is 12.2 Å². The summed E-state index contributed by atoms with van der Waals surface area (Å²) in [6.45, 7) is 4.07. The summed E-state index contributed by atoms with van der Waals surface area (Å²) in [6.07, 6.45) is 8.10. The SMILES string of the molecule is Cc1nc2scc(C)n2c1/C=N/NC(=S)NC1CCCCC1. The van der Waals surface area contributed by atoms with Gasteiger partial charge in [-0.3, -0.25) is 9.83 Å². The Morgan fingerprint density at radius 1 is 1.41 bits per heavy atom. The molecule has 0 amide bonds. The van der Waals surface area contributed by atoms with E-state index in [1.54, 1.807) is 17.6 Å². The van der Waals surface area contributed by atoms with Gasteiger partial charge in [-0.25, -0.2) is 4.98 Å². The molecule has 2 heterocycles. The molecule has 0 atom stereocenters. The van der Waals surface area contributed by atoms with Crippen molar-refractivity contribution in [1.82, 2.24) is 20.1 Å². The predicted molar refractivity (Wildman–Crippen MR) is 95.9 cm³/mol. The summed E-state index contributed by atoms with van der Waals surface area (Å²) in [5, 5.41) is 10.3. The smallest absolute Gasteiger partial charge is 0.194 e. The van der Waals surface area contributed by atoms with Gasteiger partial charge >= 0.3 is 0 Å². The van der Waals surface area contributed by atoms with Crippen LogP contribution in [0.4, 0.5) is 0 Å². The van der Waals surface area contributed by atoms with Crippen LogP contribution in [0.1, 0.15) is 49.2 Å². The van der Waals surface area contributed by atoms with Crippen molar-refractivity contribution in [1.29, 1.82) is 0 Å². The molecule has 0 radical (unpaired) electrons. The summed E-state index contributed by atoms with van der Waals surface area (Å²) in [6, 6.07) is 0.492. The van der Waals surface area contributed by atoms with Crippen molar-refractivity contribution in [3.8, 4) is 0 Å². The summed E-state index contributed by atoms with van der Waals surface area (Å²) < 4.78 is 2.11. The number of hydrazone groups is 1. The summed E-state index contributed by atoms with van der Waals surface area (Å²) in [7, 11) is 0. The van der Waals surface area contributed by atoms with E-state index in [1.165, 1.54) is 37.8 Å². The monoisotopic (exact) mass is 335 g/mol. The Labute approximate surface area is 139 Å². The number of thiocarbonyl (C=S) groups is 1. The van der Waals surface area contributed by atoms with Crippen LogP contribution in [0.2, 0.25) is 0 Å². The van der Waals surface area contributed by atoms with Crippen LogP contribution in [-0.2, 0) is 0 Å². The predicted octanol–water partition coefficient (Wildman–Crippen LogP) is 3.14. The van der Waals surface area contributed by atoms with Gasteiger partial charge in [0.15, 0.2) is 10.1 Å². The number of thiazole rings is 1. The molecule has 2 aromatic rings. The summed E-state index contributed by atoms with van der Waals surface area (Å²) in [5.41, 5.74) is 6.08. The van der Waals surface area contributed by atoms with Gasteiger partial charge in [0.2, 0.25) is 0 Å². The Morgan fingerprint density at radius 3 is 2.95 bits per heavy atom. The Morgan fingerprint density at radius 2 is 2.18 bits per heavy atom. The standard InChI is InChI=1S/C15H21N5S2/c1-10-9-22-15-17-11(2)13(20(10)15)8-16-19-14(21)18-12-6-4-3-5-7-12/h8-9,12H,3-7H2,1-2H3,(H2,18,19,21)/b16-8+. The topological polar surface area (TPSA) is 53.7 Å². The lowest BCUT2D eigenvalue weighted by Crippen LogP contribution is -2.40. The minimum Gasteiger partial charge on any atom is -0.359 e. The molecule has 0 spiro atoms. The highest BCUT2D eigenvalue weighted by Gasteiger charge is 2.14. The lowest BCUT2D eigenvalue weighted by Gasteiger charge is -2.23. The van der Waals surface area contributed by atoms with E-state index < -0.39 is 0 Å². The average Bonchev–Trinajstić information content (AvgIpc) is 3.00. The van der Waals surface area contributed by atoms with Gasteiger partial charge in [-0.1, -0.05) is 19.3 Å². The fourth-order valence-corrected chi connectivity index (χ4v) is 4.03. The van der Waals surface area contributed by atoms with Crippen LogP contribution in [0.3, 0.4) is 0 Å². The van der Waals surface area contributed by atoms with Gasteiger partial charge in [-0.05, 0) is 38.9 Å². The third-order valence-corrected chi connectivity index (χ3v) is 5.20. The molecular formula is C15H21N5S2. The number of rotatable bonds is 3. The number of fused-ring (bicyclic) bond motifs is 1. The van der Waals surface area contributed by atoms with E-state index in [1.807, 2.05) is 6.92 Å². The van der Waals surface area contributed by atoms with E-state index >= 15 is 0 Å². The molecular weight excluding hydrogens is 314 g/mol. The van der Waals surface area contributed by atoms with Crippen LogP contribution in [-0.4, -0.2) is 26.8 Å². The first-order valence-electron chi connectivity index (χ1n) is 7.68. The van der Waals surface area contributed by atoms with Crippen LogP contribution >= 0.6 is 23.6 Å². The van der Waals surface area contributed by atoms with E-state index in [-0.39, 0.29) is 0 Å². The van der Waals surface area contributed by atoms with Gasteiger partial charge in [0.25, 0.3) is 0 Å². The summed E-state index contributed by atoms with van der Waals surface area (Å²) >= 11 is 6.95. The third kappa shape index (κ3) is 3.30. The van der Waals surface area contributed by atoms with E-state index in [2.05, 4.69) is 37.5 Å². The van der Waals surface area contributed by atoms with Gasteiger partial charge in [-0.2, -0.15) is 5.10 Å². The van der Waals surface area contributed by atoms with Crippen molar-refractivity contribution >= 4 is 39.8 Å². The van der Waals surface area contributed by atoms with Crippen molar-refractivity contribution < 1.29 is 0 Å². The van der Waals surface area contributed by atoms with E-state index in [0.29, 0.717) is 11.2 Å². The van der Waals surface area contributed by atoms with Crippen LogP contribution in [0.25, 0.3) is 4.96 Å². The van der Waals surface area contributed by atoms with Crippen molar-refractivity contribution in [2.45, 2.75) is 52.0 Å². The third-order valence-electron chi connectivity index (χ3n) is 4.05. The Hall–Kier alpha value is -1.47. The normalized spacial score (nSPS) is 16.5. The molecule has 1 aliphatic rings. The molecule has 7 heteroatoms. The zero-order valence-electron chi connectivity index (χ0n) is 12.9. The minimum absolute atomic E-state index is 0.492. The molecule has 2 aromatic heterocycles. The molecule has 0 unspecified atom stereocenters. The molecule has 1 aliphatic carbocycles. The minimum atomic E-state index is 0.492. The maximum atomic E-state index is 5.31. The molecule has 1 saturated carbocycles. The maximum Gasteiger partial charge on any atom is 0.194 e. The highest BCUT2D eigenvalue weighted by Crippen LogP contribution is 2.19. The molecule has 3 rings (SSSR count). The van der Waals surface area contributed by atoms with Gasteiger partial charge in [-0.15, -0.1) is 11.3 Å². The number of aryl methyl sites for hydroxylation is 2. The van der Waals surface area contributed by atoms with Crippen LogP contribution in [0.15, 0.2) is 10.5 Å². The number of hydrogen-bond acceptors (Lipinski definition) is 4. The quantitative estimate of drug-likeness (QED) is 0.514. The maximum absolute atomic E-state index is 5.31. The van der Waals surface area contributed by atoms with E-state index in [9.17, 15) is 0 Å². The van der Waals surface area contributed by atoms with Gasteiger partial charge in [0, 0.05) is 17.1 Å². The molecule has 2 N–H and O–H groups in total. The molecule has 118 valence electrons. The summed E-state index contributed by atoms with van der Waals surface area (Å²) in [5.74, 6) is 0. The Bertz CT molecular complexity index is 694. The van der Waals surface area contributed by atoms with E-state index in [0.717, 1.165) is 16.3 Å². The second kappa shape index (κ2) is 6.75. The van der Waals surface area contributed by atoms with Crippen molar-refractivity contribution in [2.75, 3.05) is 0 Å². The Balaban J connectivity index is 1.62. The number of nitrogens with one attached hydrogen (secondary N) is 2. The number of hydrogen-bond donors (Lipinski definition) is 2. The van der Waals surface area contributed by atoms with Crippen molar-refractivity contribution in [3.63, 3.8) is 0 Å². The largest absolute Gasteiger partial charge is 0.359 e. The van der Waals surface area contributed by atoms with Gasteiger partial charge in [0.05, 0.1) is 17.6 Å². The molecule has 22 heavy (non-hydrogen) atoms.